The van der Waals surface area contributed by atoms with Crippen molar-refractivity contribution in [2.24, 2.45) is 0 Å². The molecule has 0 unspecified atom stereocenters. The molecule has 0 saturated carbocycles. The summed E-state index contributed by atoms with van der Waals surface area (Å²) >= 11 is 1.28. The minimum Gasteiger partial charge on any atom is -0.478 e. The van der Waals surface area contributed by atoms with E-state index in [2.05, 4.69) is 10.6 Å². The number of nitrogens with one attached hydrogen (secondary N) is 2. The fraction of sp³-hybridized carbons (Fsp3) is 0.0370. The van der Waals surface area contributed by atoms with E-state index in [1.807, 2.05) is 42.5 Å². The molecule has 2 amide bonds. The average molecular weight is 501 g/mol. The largest absolute Gasteiger partial charge is 0.478 e. The Morgan fingerprint density at radius 1 is 0.667 bits per heavy atom. The van der Waals surface area contributed by atoms with Crippen molar-refractivity contribution in [2.45, 2.75) is 4.90 Å². The number of aromatic carboxylic acids is 2. The molecule has 0 atom stereocenters. The first-order chi connectivity index (χ1) is 17.3. The lowest BCUT2D eigenvalue weighted by Crippen LogP contribution is -2.17. The zero-order chi connectivity index (χ0) is 25.7. The zero-order valence-electron chi connectivity index (χ0n) is 18.7. The second-order valence-corrected chi connectivity index (χ2v) is 8.80. The van der Waals surface area contributed by atoms with Crippen LogP contribution < -0.4 is 10.6 Å². The number of benzene rings is 4. The van der Waals surface area contributed by atoms with Crippen LogP contribution in [0, 0.1) is 0 Å². The molecule has 0 saturated heterocycles. The number of fused-ring (bicyclic) bond motifs is 1. The SMILES string of the molecule is O=C(CSc1cccc(NC(=O)c2ccc(C(=O)O)cc2C(=O)O)c1)Nc1ccc2ccccc2c1. The van der Waals surface area contributed by atoms with Crippen LogP contribution >= 0.6 is 11.8 Å². The maximum Gasteiger partial charge on any atom is 0.336 e. The molecule has 0 fully saturated rings. The van der Waals surface area contributed by atoms with E-state index in [1.165, 1.54) is 17.8 Å². The summed E-state index contributed by atoms with van der Waals surface area (Å²) in [5.41, 5.74) is 0.287. The topological polar surface area (TPSA) is 133 Å². The number of rotatable bonds is 8. The van der Waals surface area contributed by atoms with Gasteiger partial charge < -0.3 is 20.8 Å². The van der Waals surface area contributed by atoms with E-state index in [0.717, 1.165) is 27.8 Å². The third kappa shape index (κ3) is 5.89. The van der Waals surface area contributed by atoms with Gasteiger partial charge in [0.2, 0.25) is 5.91 Å². The highest BCUT2D eigenvalue weighted by Crippen LogP contribution is 2.24. The third-order valence-corrected chi connectivity index (χ3v) is 6.23. The Hall–Kier alpha value is -4.63. The van der Waals surface area contributed by atoms with Crippen LogP contribution in [0.4, 0.5) is 11.4 Å². The predicted molar refractivity (Wildman–Crippen MR) is 138 cm³/mol. The van der Waals surface area contributed by atoms with Gasteiger partial charge in [0, 0.05) is 16.3 Å². The van der Waals surface area contributed by atoms with Gasteiger partial charge in [-0.05, 0) is 59.3 Å². The number of thioether (sulfide) groups is 1. The molecular weight excluding hydrogens is 480 g/mol. The molecule has 0 heterocycles. The molecule has 0 aliphatic rings. The van der Waals surface area contributed by atoms with Crippen LogP contribution in [-0.2, 0) is 4.79 Å². The minimum atomic E-state index is -1.41. The second kappa shape index (κ2) is 10.7. The van der Waals surface area contributed by atoms with Crippen molar-refractivity contribution in [3.63, 3.8) is 0 Å². The second-order valence-electron chi connectivity index (χ2n) is 7.75. The van der Waals surface area contributed by atoms with E-state index in [0.29, 0.717) is 11.4 Å². The van der Waals surface area contributed by atoms with E-state index < -0.39 is 23.4 Å². The summed E-state index contributed by atoms with van der Waals surface area (Å²) in [5, 5.41) is 26.1. The smallest absolute Gasteiger partial charge is 0.336 e. The minimum absolute atomic E-state index is 0.143. The number of carboxylic acids is 2. The van der Waals surface area contributed by atoms with Gasteiger partial charge in [0.1, 0.15) is 0 Å². The van der Waals surface area contributed by atoms with Crippen molar-refractivity contribution >= 4 is 57.7 Å². The molecule has 0 aromatic heterocycles. The van der Waals surface area contributed by atoms with E-state index >= 15 is 0 Å². The normalized spacial score (nSPS) is 10.6. The summed E-state index contributed by atoms with van der Waals surface area (Å²) in [6.45, 7) is 0. The van der Waals surface area contributed by atoms with E-state index in [9.17, 15) is 24.3 Å². The molecule has 0 radical (unpaired) electrons. The number of hydrogen-bond donors (Lipinski definition) is 4. The lowest BCUT2D eigenvalue weighted by atomic mass is 10.0. The Morgan fingerprint density at radius 3 is 2.17 bits per heavy atom. The summed E-state index contributed by atoms with van der Waals surface area (Å²) in [4.78, 5) is 48.5. The van der Waals surface area contributed by atoms with Gasteiger partial charge in [-0.15, -0.1) is 11.8 Å². The number of amides is 2. The molecule has 4 N–H and O–H groups in total. The van der Waals surface area contributed by atoms with Gasteiger partial charge in [-0.2, -0.15) is 0 Å². The van der Waals surface area contributed by atoms with E-state index in [-0.39, 0.29) is 22.8 Å². The van der Waals surface area contributed by atoms with Crippen molar-refractivity contribution < 1.29 is 29.4 Å². The fourth-order valence-electron chi connectivity index (χ4n) is 3.53. The van der Waals surface area contributed by atoms with E-state index in [4.69, 9.17) is 5.11 Å². The molecule has 4 aromatic carbocycles. The molecule has 0 aliphatic heterocycles. The molecule has 180 valence electrons. The Balaban J connectivity index is 1.39. The quantitative estimate of drug-likeness (QED) is 0.244. The number of carboxylic acid groups (broad SMARTS) is 2. The zero-order valence-corrected chi connectivity index (χ0v) is 19.5. The molecule has 0 bridgehead atoms. The lowest BCUT2D eigenvalue weighted by molar-refractivity contribution is -0.113. The number of carbonyl (C=O) groups excluding carboxylic acids is 2. The Labute approximate surface area is 210 Å². The van der Waals surface area contributed by atoms with Gasteiger partial charge in [-0.25, -0.2) is 9.59 Å². The van der Waals surface area contributed by atoms with Gasteiger partial charge in [-0.3, -0.25) is 9.59 Å². The van der Waals surface area contributed by atoms with Crippen LogP contribution in [0.5, 0.6) is 0 Å². The van der Waals surface area contributed by atoms with Crippen LogP contribution in [0.2, 0.25) is 0 Å². The van der Waals surface area contributed by atoms with Crippen molar-refractivity contribution in [2.75, 3.05) is 16.4 Å². The van der Waals surface area contributed by atoms with Gasteiger partial charge in [-0.1, -0.05) is 36.4 Å². The summed E-state index contributed by atoms with van der Waals surface area (Å²) in [6, 6.07) is 23.6. The third-order valence-electron chi connectivity index (χ3n) is 5.24. The molecule has 9 heteroatoms. The predicted octanol–water partition coefficient (Wildman–Crippen LogP) is 5.22. The highest BCUT2D eigenvalue weighted by molar-refractivity contribution is 8.00. The molecule has 36 heavy (non-hydrogen) atoms. The average Bonchev–Trinajstić information content (AvgIpc) is 2.87. The molecule has 4 rings (SSSR count). The number of anilines is 2. The summed E-state index contributed by atoms with van der Waals surface area (Å²) in [5.74, 6) is -3.44. The van der Waals surface area contributed by atoms with Crippen molar-refractivity contribution in [3.8, 4) is 0 Å². The standard InChI is InChI=1S/C27H20N2O6S/c30-24(28-20-10-8-16-4-1-2-5-17(16)12-20)15-36-21-7-3-6-19(14-21)29-25(31)22-11-9-18(26(32)33)13-23(22)27(34)35/h1-14H,15H2,(H,28,30)(H,29,31)(H,32,33)(H,34,35). The highest BCUT2D eigenvalue weighted by Gasteiger charge is 2.19. The fourth-order valence-corrected chi connectivity index (χ4v) is 4.28. The summed E-state index contributed by atoms with van der Waals surface area (Å²) in [6.07, 6.45) is 0. The first-order valence-electron chi connectivity index (χ1n) is 10.7. The van der Waals surface area contributed by atoms with Crippen LogP contribution in [0.3, 0.4) is 0 Å². The number of hydrogen-bond acceptors (Lipinski definition) is 5. The first-order valence-corrected chi connectivity index (χ1v) is 11.7. The Kier molecular flexibility index (Phi) is 7.31. The van der Waals surface area contributed by atoms with Gasteiger partial charge >= 0.3 is 11.9 Å². The molecule has 4 aromatic rings. The lowest BCUT2D eigenvalue weighted by Gasteiger charge is -2.10. The van der Waals surface area contributed by atoms with E-state index in [1.54, 1.807) is 24.3 Å². The van der Waals surface area contributed by atoms with Crippen molar-refractivity contribution in [3.05, 3.63) is 102 Å². The van der Waals surface area contributed by atoms with Crippen LogP contribution in [0.15, 0.2) is 89.8 Å². The van der Waals surface area contributed by atoms with Gasteiger partial charge in [0.15, 0.2) is 0 Å². The molecule has 0 aliphatic carbocycles. The van der Waals surface area contributed by atoms with Crippen molar-refractivity contribution in [1.82, 2.24) is 0 Å². The molecular formula is C27H20N2O6S. The van der Waals surface area contributed by atoms with Gasteiger partial charge in [0.05, 0.1) is 22.4 Å². The van der Waals surface area contributed by atoms with Crippen LogP contribution in [0.1, 0.15) is 31.1 Å². The van der Waals surface area contributed by atoms with Crippen LogP contribution in [-0.4, -0.2) is 39.7 Å². The van der Waals surface area contributed by atoms with Crippen LogP contribution in [0.25, 0.3) is 10.8 Å². The molecule has 0 spiro atoms. The highest BCUT2D eigenvalue weighted by atomic mass is 32.2. The summed E-state index contributed by atoms with van der Waals surface area (Å²) < 4.78 is 0. The first kappa shape index (κ1) is 24.5. The number of carbonyl (C=O) groups is 4. The summed E-state index contributed by atoms with van der Waals surface area (Å²) in [7, 11) is 0. The van der Waals surface area contributed by atoms with Gasteiger partial charge in [0.25, 0.3) is 5.91 Å². The Bertz CT molecular complexity index is 1500. The maximum absolute atomic E-state index is 12.7. The monoisotopic (exact) mass is 500 g/mol. The Morgan fingerprint density at radius 2 is 1.42 bits per heavy atom. The molecule has 8 nitrogen and oxygen atoms in total. The van der Waals surface area contributed by atoms with Crippen molar-refractivity contribution in [1.29, 1.82) is 0 Å². The maximum atomic E-state index is 12.7.